The number of halogens is 1. The van der Waals surface area contributed by atoms with Gasteiger partial charge in [0.15, 0.2) is 5.96 Å². The van der Waals surface area contributed by atoms with Crippen molar-refractivity contribution < 1.29 is 0 Å². The maximum atomic E-state index is 4.23. The summed E-state index contributed by atoms with van der Waals surface area (Å²) in [7, 11) is 3.72. The number of thiophene rings is 1. The molecular formula is C14H22IN5S. The number of aryl methyl sites for hydroxylation is 2. The first-order chi connectivity index (χ1) is 9.72. The van der Waals surface area contributed by atoms with E-state index in [4.69, 9.17) is 0 Å². The van der Waals surface area contributed by atoms with E-state index < -0.39 is 0 Å². The number of nitrogens with zero attached hydrogens (tertiary/aromatic N) is 3. The molecule has 0 fully saturated rings. The second-order valence-corrected chi connectivity index (χ2v) is 5.70. The molecule has 0 unspecified atom stereocenters. The highest BCUT2D eigenvalue weighted by molar-refractivity contribution is 14.0. The van der Waals surface area contributed by atoms with E-state index in [1.807, 2.05) is 29.1 Å². The van der Waals surface area contributed by atoms with Crippen LogP contribution in [-0.2, 0) is 26.6 Å². The van der Waals surface area contributed by atoms with Crippen molar-refractivity contribution in [2.45, 2.75) is 26.4 Å². The Kier molecular flexibility index (Phi) is 7.73. The Balaban J connectivity index is 0.00000220. The number of guanidine groups is 1. The van der Waals surface area contributed by atoms with Gasteiger partial charge < -0.3 is 10.6 Å². The highest BCUT2D eigenvalue weighted by Gasteiger charge is 2.03. The standard InChI is InChI=1S/C14H21N5S.HI/c1-4-12-5-6-13(20-12)10-17-14(15-2)16-9-11-7-8-18-19(11)3;/h5-8H,4,9-10H2,1-3H3,(H2,15,16,17);1H. The van der Waals surface area contributed by atoms with Crippen molar-refractivity contribution in [2.24, 2.45) is 12.0 Å². The average Bonchev–Trinajstić information content (AvgIpc) is 3.08. The van der Waals surface area contributed by atoms with Gasteiger partial charge in [-0.1, -0.05) is 6.92 Å². The van der Waals surface area contributed by atoms with E-state index >= 15 is 0 Å². The van der Waals surface area contributed by atoms with Gasteiger partial charge in [-0.25, -0.2) is 0 Å². The molecule has 2 rings (SSSR count). The van der Waals surface area contributed by atoms with Crippen LogP contribution in [-0.4, -0.2) is 22.8 Å². The molecule has 0 radical (unpaired) electrons. The van der Waals surface area contributed by atoms with Crippen LogP contribution in [0.15, 0.2) is 29.4 Å². The second kappa shape index (κ2) is 9.04. The summed E-state index contributed by atoms with van der Waals surface area (Å²) in [5.41, 5.74) is 1.12. The third-order valence-corrected chi connectivity index (χ3v) is 4.31. The van der Waals surface area contributed by atoms with Crippen LogP contribution in [0.4, 0.5) is 0 Å². The molecular weight excluding hydrogens is 397 g/mol. The molecule has 5 nitrogen and oxygen atoms in total. The van der Waals surface area contributed by atoms with E-state index in [0.29, 0.717) is 6.54 Å². The normalized spacial score (nSPS) is 11.1. The fourth-order valence-electron chi connectivity index (χ4n) is 1.85. The third kappa shape index (κ3) is 5.31. The fraction of sp³-hybridized carbons (Fsp3) is 0.429. The number of aliphatic imine (C=N–C) groups is 1. The monoisotopic (exact) mass is 419 g/mol. The molecule has 116 valence electrons. The van der Waals surface area contributed by atoms with Crippen LogP contribution >= 0.6 is 35.3 Å². The summed E-state index contributed by atoms with van der Waals surface area (Å²) in [4.78, 5) is 6.97. The van der Waals surface area contributed by atoms with Crippen LogP contribution in [0.1, 0.15) is 22.4 Å². The van der Waals surface area contributed by atoms with Crippen LogP contribution in [0.25, 0.3) is 0 Å². The zero-order valence-electron chi connectivity index (χ0n) is 12.6. The van der Waals surface area contributed by atoms with Gasteiger partial charge in [0, 0.05) is 30.0 Å². The molecule has 7 heteroatoms. The largest absolute Gasteiger partial charge is 0.352 e. The number of aromatic nitrogens is 2. The van der Waals surface area contributed by atoms with E-state index in [9.17, 15) is 0 Å². The quantitative estimate of drug-likeness (QED) is 0.445. The molecule has 0 saturated heterocycles. The number of nitrogens with one attached hydrogen (secondary N) is 2. The van der Waals surface area contributed by atoms with Crippen molar-refractivity contribution in [3.8, 4) is 0 Å². The molecule has 0 aliphatic carbocycles. The second-order valence-electron chi connectivity index (χ2n) is 4.45. The first-order valence-corrected chi connectivity index (χ1v) is 7.53. The van der Waals surface area contributed by atoms with Crippen LogP contribution in [0.5, 0.6) is 0 Å². The Morgan fingerprint density at radius 3 is 2.52 bits per heavy atom. The minimum Gasteiger partial charge on any atom is -0.352 e. The van der Waals surface area contributed by atoms with Gasteiger partial charge in [-0.05, 0) is 24.6 Å². The zero-order valence-corrected chi connectivity index (χ0v) is 15.7. The lowest BCUT2D eigenvalue weighted by molar-refractivity contribution is 0.685. The predicted octanol–water partition coefficient (Wildman–Crippen LogP) is 2.53. The van der Waals surface area contributed by atoms with Gasteiger partial charge in [0.1, 0.15) is 0 Å². The molecule has 0 aromatic carbocycles. The van der Waals surface area contributed by atoms with Gasteiger partial charge in [0.05, 0.1) is 18.8 Å². The first-order valence-electron chi connectivity index (χ1n) is 6.72. The van der Waals surface area contributed by atoms with Gasteiger partial charge in [0.2, 0.25) is 0 Å². The van der Waals surface area contributed by atoms with Gasteiger partial charge in [0.25, 0.3) is 0 Å². The Bertz CT molecular complexity index is 575. The summed E-state index contributed by atoms with van der Waals surface area (Å²) < 4.78 is 1.85. The SMILES string of the molecule is CCc1ccc(CNC(=NC)NCc2ccnn2C)s1.I. The van der Waals surface area contributed by atoms with Crippen molar-refractivity contribution in [1.29, 1.82) is 0 Å². The van der Waals surface area contributed by atoms with E-state index in [2.05, 4.69) is 39.8 Å². The van der Waals surface area contributed by atoms with E-state index in [1.165, 1.54) is 9.75 Å². The summed E-state index contributed by atoms with van der Waals surface area (Å²) in [6.45, 7) is 3.69. The molecule has 2 aromatic heterocycles. The van der Waals surface area contributed by atoms with Crippen molar-refractivity contribution in [3.63, 3.8) is 0 Å². The topological polar surface area (TPSA) is 54.2 Å². The van der Waals surface area contributed by atoms with E-state index in [0.717, 1.165) is 24.6 Å². The first kappa shape index (κ1) is 18.0. The summed E-state index contributed by atoms with van der Waals surface area (Å²) in [6, 6.07) is 6.35. The lowest BCUT2D eigenvalue weighted by atomic mass is 10.3. The van der Waals surface area contributed by atoms with Gasteiger partial charge in [-0.3, -0.25) is 9.67 Å². The van der Waals surface area contributed by atoms with Crippen molar-refractivity contribution >= 4 is 41.3 Å². The van der Waals surface area contributed by atoms with Crippen molar-refractivity contribution in [1.82, 2.24) is 20.4 Å². The zero-order chi connectivity index (χ0) is 14.4. The van der Waals surface area contributed by atoms with Gasteiger partial charge in [-0.15, -0.1) is 35.3 Å². The van der Waals surface area contributed by atoms with E-state index in [1.54, 1.807) is 13.2 Å². The Morgan fingerprint density at radius 2 is 1.95 bits per heavy atom. The van der Waals surface area contributed by atoms with Gasteiger partial charge in [-0.2, -0.15) is 5.10 Å². The summed E-state index contributed by atoms with van der Waals surface area (Å²) in [5.74, 6) is 0.803. The molecule has 2 aromatic rings. The molecule has 0 aliphatic rings. The molecule has 0 bridgehead atoms. The molecule has 21 heavy (non-hydrogen) atoms. The summed E-state index contributed by atoms with van der Waals surface area (Å²) in [5, 5.41) is 10.8. The van der Waals surface area contributed by atoms with Crippen LogP contribution in [0.3, 0.4) is 0 Å². The highest BCUT2D eigenvalue weighted by atomic mass is 127. The van der Waals surface area contributed by atoms with Crippen molar-refractivity contribution in [2.75, 3.05) is 7.05 Å². The summed E-state index contributed by atoms with van der Waals surface area (Å²) >= 11 is 1.84. The van der Waals surface area contributed by atoms with E-state index in [-0.39, 0.29) is 24.0 Å². The molecule has 2 N–H and O–H groups in total. The minimum absolute atomic E-state index is 0. The predicted molar refractivity (Wildman–Crippen MR) is 99.4 cm³/mol. The maximum absolute atomic E-state index is 4.23. The Labute approximate surface area is 146 Å². The minimum atomic E-state index is 0. The molecule has 0 amide bonds. The highest BCUT2D eigenvalue weighted by Crippen LogP contribution is 2.16. The lowest BCUT2D eigenvalue weighted by Gasteiger charge is -2.11. The average molecular weight is 419 g/mol. The van der Waals surface area contributed by atoms with Crippen LogP contribution < -0.4 is 10.6 Å². The third-order valence-electron chi connectivity index (χ3n) is 3.08. The van der Waals surface area contributed by atoms with Crippen LogP contribution in [0, 0.1) is 0 Å². The van der Waals surface area contributed by atoms with Gasteiger partial charge >= 0.3 is 0 Å². The number of rotatable bonds is 5. The molecule has 0 saturated carbocycles. The number of hydrogen-bond acceptors (Lipinski definition) is 3. The fourth-order valence-corrected chi connectivity index (χ4v) is 2.75. The Morgan fingerprint density at radius 1 is 1.24 bits per heavy atom. The molecule has 2 heterocycles. The smallest absolute Gasteiger partial charge is 0.191 e. The maximum Gasteiger partial charge on any atom is 0.191 e. The summed E-state index contributed by atoms with van der Waals surface area (Å²) in [6.07, 6.45) is 2.89. The molecule has 0 aliphatic heterocycles. The molecule has 0 spiro atoms. The lowest BCUT2D eigenvalue weighted by Crippen LogP contribution is -2.36. The number of hydrogen-bond donors (Lipinski definition) is 2. The van der Waals surface area contributed by atoms with Crippen LogP contribution in [0.2, 0.25) is 0 Å². The molecule has 0 atom stereocenters. The Hall–Kier alpha value is -1.09. The van der Waals surface area contributed by atoms with Crippen molar-refractivity contribution in [3.05, 3.63) is 39.8 Å².